The maximum atomic E-state index is 13.6. The van der Waals surface area contributed by atoms with Crippen molar-refractivity contribution >= 4 is 28.9 Å². The maximum Gasteiger partial charge on any atom is 0.274 e. The van der Waals surface area contributed by atoms with Gasteiger partial charge in [-0.15, -0.1) is 0 Å². The van der Waals surface area contributed by atoms with Crippen molar-refractivity contribution in [1.82, 2.24) is 24.5 Å². The highest BCUT2D eigenvalue weighted by molar-refractivity contribution is 6.00. The average molecular weight is 470 g/mol. The number of nitrogens with zero attached hydrogens (tertiary/aromatic N) is 4. The maximum absolute atomic E-state index is 13.6. The molecule has 10 nitrogen and oxygen atoms in total. The number of aliphatic hydroxyl groups is 1. The third-order valence-corrected chi connectivity index (χ3v) is 6.77. The lowest BCUT2D eigenvalue weighted by Crippen LogP contribution is -2.48. The van der Waals surface area contributed by atoms with Crippen molar-refractivity contribution in [3.63, 3.8) is 0 Å². The zero-order valence-electron chi connectivity index (χ0n) is 18.9. The van der Waals surface area contributed by atoms with Crippen molar-refractivity contribution in [3.05, 3.63) is 46.5 Å². The highest BCUT2D eigenvalue weighted by Gasteiger charge is 2.33. The molecule has 3 aromatic heterocycles. The molecule has 0 radical (unpaired) electrons. The van der Waals surface area contributed by atoms with Crippen LogP contribution in [-0.2, 0) is 0 Å². The van der Waals surface area contributed by atoms with E-state index in [9.17, 15) is 19.1 Å². The minimum Gasteiger partial charge on any atom is -0.391 e. The van der Waals surface area contributed by atoms with Crippen LogP contribution in [0.5, 0.6) is 0 Å². The van der Waals surface area contributed by atoms with Crippen molar-refractivity contribution in [3.8, 4) is 0 Å². The second kappa shape index (κ2) is 9.05. The lowest BCUT2D eigenvalue weighted by atomic mass is 9.90. The van der Waals surface area contributed by atoms with Gasteiger partial charge in [0.25, 0.3) is 11.5 Å². The first-order valence-electron chi connectivity index (χ1n) is 11.6. The molecule has 3 heterocycles. The van der Waals surface area contributed by atoms with Crippen LogP contribution in [0.25, 0.3) is 5.65 Å². The molecular weight excluding hydrogens is 441 g/mol. The Morgan fingerprint density at radius 3 is 2.76 bits per heavy atom. The van der Waals surface area contributed by atoms with Crippen molar-refractivity contribution in [2.75, 3.05) is 17.7 Å². The summed E-state index contributed by atoms with van der Waals surface area (Å²) in [6.45, 7) is 0. The number of rotatable bonds is 6. The van der Waals surface area contributed by atoms with Crippen molar-refractivity contribution in [1.29, 1.82) is 0 Å². The van der Waals surface area contributed by atoms with E-state index in [0.29, 0.717) is 36.6 Å². The summed E-state index contributed by atoms with van der Waals surface area (Å²) in [5, 5.41) is 23.4. The molecule has 3 aromatic rings. The van der Waals surface area contributed by atoms with E-state index in [2.05, 4.69) is 26.0 Å². The SMILES string of the molecule is CNc1cc(Nc2cccn([C@H]3CCCC[C@H]3O)c2=O)nc2c(C(=O)N[C@H]3CC[C@@H]3F)cnn12. The first-order valence-corrected chi connectivity index (χ1v) is 11.6. The predicted octanol–water partition coefficient (Wildman–Crippen LogP) is 2.38. The van der Waals surface area contributed by atoms with Crippen molar-refractivity contribution in [2.45, 2.75) is 62.9 Å². The number of carbonyl (C=O) groups excluding carboxylic acids is 1. The van der Waals surface area contributed by atoms with Crippen LogP contribution in [0.1, 0.15) is 54.9 Å². The Bertz CT molecular complexity index is 1270. The zero-order valence-corrected chi connectivity index (χ0v) is 18.9. The zero-order chi connectivity index (χ0) is 23.8. The molecule has 0 aromatic carbocycles. The number of pyridine rings is 1. The van der Waals surface area contributed by atoms with Gasteiger partial charge < -0.3 is 25.6 Å². The molecule has 0 unspecified atom stereocenters. The van der Waals surface area contributed by atoms with Crippen LogP contribution in [0.4, 0.5) is 21.7 Å². The van der Waals surface area contributed by atoms with E-state index in [1.54, 1.807) is 36.0 Å². The molecule has 1 amide bonds. The van der Waals surface area contributed by atoms with Gasteiger partial charge in [-0.1, -0.05) is 12.8 Å². The lowest BCUT2D eigenvalue weighted by molar-refractivity contribution is 0.0739. The first kappa shape index (κ1) is 22.3. The Balaban J connectivity index is 1.47. The van der Waals surface area contributed by atoms with Gasteiger partial charge in [0, 0.05) is 19.3 Å². The lowest BCUT2D eigenvalue weighted by Gasteiger charge is -2.30. The van der Waals surface area contributed by atoms with E-state index in [0.717, 1.165) is 19.3 Å². The van der Waals surface area contributed by atoms with E-state index in [4.69, 9.17) is 0 Å². The second-order valence-corrected chi connectivity index (χ2v) is 8.92. The van der Waals surface area contributed by atoms with E-state index in [-0.39, 0.29) is 22.8 Å². The number of alkyl halides is 1. The number of aliphatic hydroxyl groups excluding tert-OH is 1. The number of nitrogens with one attached hydrogen (secondary N) is 3. The average Bonchev–Trinajstić information content (AvgIpc) is 3.27. The second-order valence-electron chi connectivity index (χ2n) is 8.92. The van der Waals surface area contributed by atoms with Crippen molar-refractivity contribution in [2.24, 2.45) is 0 Å². The third-order valence-electron chi connectivity index (χ3n) is 6.77. The number of hydrogen-bond donors (Lipinski definition) is 4. The van der Waals surface area contributed by atoms with Gasteiger partial charge in [-0.3, -0.25) is 9.59 Å². The van der Waals surface area contributed by atoms with Crippen LogP contribution < -0.4 is 21.5 Å². The number of anilines is 3. The minimum atomic E-state index is -1.04. The summed E-state index contributed by atoms with van der Waals surface area (Å²) in [7, 11) is 1.71. The topological polar surface area (TPSA) is 126 Å². The van der Waals surface area contributed by atoms with Gasteiger partial charge in [0.2, 0.25) is 0 Å². The van der Waals surface area contributed by atoms with E-state index >= 15 is 0 Å². The van der Waals surface area contributed by atoms with Crippen LogP contribution in [0.3, 0.4) is 0 Å². The van der Waals surface area contributed by atoms with E-state index in [1.807, 2.05) is 0 Å². The number of aromatic nitrogens is 4. The van der Waals surface area contributed by atoms with E-state index < -0.39 is 24.2 Å². The summed E-state index contributed by atoms with van der Waals surface area (Å²) in [6, 6.07) is 4.33. The number of halogens is 1. The van der Waals surface area contributed by atoms with Gasteiger partial charge in [-0.2, -0.15) is 9.61 Å². The Morgan fingerprint density at radius 1 is 1.24 bits per heavy atom. The fourth-order valence-corrected chi connectivity index (χ4v) is 4.65. The Morgan fingerprint density at radius 2 is 2.06 bits per heavy atom. The highest BCUT2D eigenvalue weighted by atomic mass is 19.1. The summed E-state index contributed by atoms with van der Waals surface area (Å²) in [4.78, 5) is 30.5. The summed E-state index contributed by atoms with van der Waals surface area (Å²) >= 11 is 0. The quantitative estimate of drug-likeness (QED) is 0.437. The molecule has 2 aliphatic carbocycles. The monoisotopic (exact) mass is 469 g/mol. The molecule has 34 heavy (non-hydrogen) atoms. The summed E-state index contributed by atoms with van der Waals surface area (Å²) in [5.74, 6) is 0.456. The summed E-state index contributed by atoms with van der Waals surface area (Å²) in [5.41, 5.74) is 0.543. The molecule has 11 heteroatoms. The van der Waals surface area contributed by atoms with E-state index in [1.165, 1.54) is 10.7 Å². The Hall–Kier alpha value is -3.47. The standard InChI is InChI=1S/C23H28FN7O3/c1-25-20-11-19(27-16-5-4-10-30(23(16)34)17-6-2-3-7-18(17)32)29-21-13(12-26-31(20)21)22(33)28-15-9-8-14(15)24/h4-5,10-12,14-15,17-18,25,32H,2-3,6-9H2,1H3,(H,27,29)(H,28,33)/t14-,15-,17-,18+/m0/s1. The molecule has 2 saturated carbocycles. The van der Waals surface area contributed by atoms with Gasteiger partial charge in [0.15, 0.2) is 5.65 Å². The van der Waals surface area contributed by atoms with Gasteiger partial charge >= 0.3 is 0 Å². The molecule has 2 fully saturated rings. The molecule has 0 saturated heterocycles. The van der Waals surface area contributed by atoms with Crippen LogP contribution in [0.2, 0.25) is 0 Å². The third kappa shape index (κ3) is 4.00. The molecule has 0 aliphatic heterocycles. The molecule has 180 valence electrons. The number of amides is 1. The van der Waals surface area contributed by atoms with Crippen LogP contribution in [0.15, 0.2) is 35.4 Å². The smallest absolute Gasteiger partial charge is 0.274 e. The van der Waals surface area contributed by atoms with Crippen molar-refractivity contribution < 1.29 is 14.3 Å². The fourth-order valence-electron chi connectivity index (χ4n) is 4.65. The highest BCUT2D eigenvalue weighted by Crippen LogP contribution is 2.28. The summed E-state index contributed by atoms with van der Waals surface area (Å²) < 4.78 is 16.7. The van der Waals surface area contributed by atoms with Crippen LogP contribution >= 0.6 is 0 Å². The van der Waals surface area contributed by atoms with Gasteiger partial charge in [0.1, 0.15) is 29.1 Å². The van der Waals surface area contributed by atoms with Crippen LogP contribution in [0, 0.1) is 0 Å². The number of carbonyl (C=O) groups is 1. The predicted molar refractivity (Wildman–Crippen MR) is 125 cm³/mol. The summed E-state index contributed by atoms with van der Waals surface area (Å²) in [6.07, 6.45) is 5.88. The Labute approximate surface area is 195 Å². The number of fused-ring (bicyclic) bond motifs is 1. The van der Waals surface area contributed by atoms with Crippen LogP contribution in [-0.4, -0.2) is 55.5 Å². The Kier molecular flexibility index (Phi) is 5.94. The van der Waals surface area contributed by atoms with Gasteiger partial charge in [0.05, 0.1) is 24.4 Å². The largest absolute Gasteiger partial charge is 0.391 e. The number of hydrogen-bond acceptors (Lipinski definition) is 7. The molecule has 0 spiro atoms. The molecule has 0 bridgehead atoms. The van der Waals surface area contributed by atoms with Gasteiger partial charge in [-0.25, -0.2) is 9.37 Å². The minimum absolute atomic E-state index is 0.218. The molecule has 2 aliphatic rings. The molecule has 5 rings (SSSR count). The normalized spacial score (nSPS) is 24.4. The molecular formula is C23H28FN7O3. The van der Waals surface area contributed by atoms with Gasteiger partial charge in [-0.05, 0) is 37.8 Å². The molecule has 4 N–H and O–H groups in total. The first-order chi connectivity index (χ1) is 16.5. The fraction of sp³-hybridized carbons (Fsp3) is 0.478. The molecule has 4 atom stereocenters.